The van der Waals surface area contributed by atoms with Gasteiger partial charge in [0.05, 0.1) is 17.3 Å². The molecule has 0 aliphatic heterocycles. The molecule has 0 unspecified atom stereocenters. The van der Waals surface area contributed by atoms with Crippen LogP contribution in [0.15, 0.2) is 53.4 Å². The molecule has 0 aliphatic carbocycles. The zero-order chi connectivity index (χ0) is 14.6. The largest absolute Gasteiger partial charge is 0.494 e. The minimum atomic E-state index is -3.71. The molecular formula is C14H14ClNO3S. The molecule has 0 heterocycles. The van der Waals surface area contributed by atoms with E-state index in [1.54, 1.807) is 36.4 Å². The number of ether oxygens (including phenoxy) is 1. The summed E-state index contributed by atoms with van der Waals surface area (Å²) in [7, 11) is -3.71. The molecule has 0 saturated heterocycles. The molecule has 2 rings (SSSR count). The van der Waals surface area contributed by atoms with E-state index >= 15 is 0 Å². The number of benzene rings is 2. The van der Waals surface area contributed by atoms with E-state index < -0.39 is 10.0 Å². The lowest BCUT2D eigenvalue weighted by Crippen LogP contribution is -2.13. The van der Waals surface area contributed by atoms with Crippen LogP contribution in [0, 0.1) is 0 Å². The van der Waals surface area contributed by atoms with E-state index in [9.17, 15) is 8.42 Å². The highest BCUT2D eigenvalue weighted by atomic mass is 35.5. The lowest BCUT2D eigenvalue weighted by Gasteiger charge is -2.10. The smallest absolute Gasteiger partial charge is 0.263 e. The second-order valence-corrected chi connectivity index (χ2v) is 6.05. The van der Waals surface area contributed by atoms with E-state index in [1.165, 1.54) is 12.1 Å². The van der Waals surface area contributed by atoms with Gasteiger partial charge < -0.3 is 4.74 Å². The second-order valence-electron chi connectivity index (χ2n) is 4.00. The number of halogens is 1. The Morgan fingerprint density at radius 3 is 2.60 bits per heavy atom. The molecular weight excluding hydrogens is 298 g/mol. The van der Waals surface area contributed by atoms with Crippen LogP contribution in [0.2, 0.25) is 5.02 Å². The second kappa shape index (κ2) is 6.15. The number of sulfonamides is 1. The van der Waals surface area contributed by atoms with E-state index in [2.05, 4.69) is 4.72 Å². The van der Waals surface area contributed by atoms with Gasteiger partial charge in [0.1, 0.15) is 10.6 Å². The normalized spacial score (nSPS) is 11.1. The Bertz CT molecular complexity index is 701. The van der Waals surface area contributed by atoms with Gasteiger partial charge in [0.2, 0.25) is 0 Å². The van der Waals surface area contributed by atoms with Gasteiger partial charge in [-0.05, 0) is 31.2 Å². The molecule has 1 N–H and O–H groups in total. The quantitative estimate of drug-likeness (QED) is 0.919. The summed E-state index contributed by atoms with van der Waals surface area (Å²) < 4.78 is 32.3. The topological polar surface area (TPSA) is 55.4 Å². The van der Waals surface area contributed by atoms with Crippen molar-refractivity contribution in [3.05, 3.63) is 53.6 Å². The van der Waals surface area contributed by atoms with Crippen LogP contribution in [0.25, 0.3) is 0 Å². The van der Waals surface area contributed by atoms with Crippen LogP contribution in [0.3, 0.4) is 0 Å². The predicted octanol–water partition coefficient (Wildman–Crippen LogP) is 3.54. The van der Waals surface area contributed by atoms with Gasteiger partial charge in [-0.1, -0.05) is 29.8 Å². The molecule has 4 nitrogen and oxygen atoms in total. The Hall–Kier alpha value is -1.72. The first-order chi connectivity index (χ1) is 9.53. The van der Waals surface area contributed by atoms with Gasteiger partial charge in [-0.2, -0.15) is 0 Å². The van der Waals surface area contributed by atoms with Crippen molar-refractivity contribution in [2.45, 2.75) is 11.8 Å². The SMILES string of the molecule is CCOc1cccc(NS(=O)(=O)c2ccccc2Cl)c1. The molecule has 2 aromatic carbocycles. The average Bonchev–Trinajstić information content (AvgIpc) is 2.39. The van der Waals surface area contributed by atoms with Crippen LogP contribution in [0.1, 0.15) is 6.92 Å². The highest BCUT2D eigenvalue weighted by Crippen LogP contribution is 2.24. The predicted molar refractivity (Wildman–Crippen MR) is 79.9 cm³/mol. The Morgan fingerprint density at radius 1 is 1.15 bits per heavy atom. The minimum Gasteiger partial charge on any atom is -0.494 e. The number of anilines is 1. The Kier molecular flexibility index (Phi) is 4.52. The summed E-state index contributed by atoms with van der Waals surface area (Å²) in [5.41, 5.74) is 0.427. The van der Waals surface area contributed by atoms with Crippen molar-refractivity contribution in [2.24, 2.45) is 0 Å². The number of hydrogen-bond donors (Lipinski definition) is 1. The summed E-state index contributed by atoms with van der Waals surface area (Å²) in [6, 6.07) is 13.0. The number of rotatable bonds is 5. The highest BCUT2D eigenvalue weighted by Gasteiger charge is 2.17. The molecule has 2 aromatic rings. The highest BCUT2D eigenvalue weighted by molar-refractivity contribution is 7.92. The molecule has 0 aliphatic rings. The summed E-state index contributed by atoms with van der Waals surface area (Å²) in [4.78, 5) is 0.0449. The monoisotopic (exact) mass is 311 g/mol. The van der Waals surface area contributed by atoms with Gasteiger partial charge in [0, 0.05) is 6.07 Å². The molecule has 20 heavy (non-hydrogen) atoms. The van der Waals surface area contributed by atoms with Crippen molar-refractivity contribution in [3.8, 4) is 5.75 Å². The molecule has 6 heteroatoms. The van der Waals surface area contributed by atoms with E-state index in [1.807, 2.05) is 6.92 Å². The maximum Gasteiger partial charge on any atom is 0.263 e. The van der Waals surface area contributed by atoms with Gasteiger partial charge in [-0.15, -0.1) is 0 Å². The van der Waals surface area contributed by atoms with Crippen LogP contribution in [0.5, 0.6) is 5.75 Å². The molecule has 0 aromatic heterocycles. The van der Waals surface area contributed by atoms with E-state index in [0.717, 1.165) is 0 Å². The molecule has 0 amide bonds. The lowest BCUT2D eigenvalue weighted by molar-refractivity contribution is 0.340. The Labute approximate surface area is 123 Å². The van der Waals surface area contributed by atoms with Gasteiger partial charge in [-0.3, -0.25) is 4.72 Å². The van der Waals surface area contributed by atoms with Crippen molar-refractivity contribution in [2.75, 3.05) is 11.3 Å². The number of nitrogens with one attached hydrogen (secondary N) is 1. The molecule has 0 atom stereocenters. The third-order valence-electron chi connectivity index (χ3n) is 2.52. The molecule has 0 spiro atoms. The van der Waals surface area contributed by atoms with Crippen LogP contribution >= 0.6 is 11.6 Å². The van der Waals surface area contributed by atoms with Gasteiger partial charge in [0.25, 0.3) is 10.0 Å². The summed E-state index contributed by atoms with van der Waals surface area (Å²) in [6.45, 7) is 2.38. The average molecular weight is 312 g/mol. The lowest BCUT2D eigenvalue weighted by atomic mass is 10.3. The summed E-state index contributed by atoms with van der Waals surface area (Å²) in [5.74, 6) is 0.604. The zero-order valence-electron chi connectivity index (χ0n) is 10.8. The molecule has 0 bridgehead atoms. The van der Waals surface area contributed by atoms with E-state index in [0.29, 0.717) is 18.0 Å². The van der Waals surface area contributed by atoms with Crippen molar-refractivity contribution >= 4 is 27.3 Å². The first kappa shape index (κ1) is 14.7. The summed E-state index contributed by atoms with van der Waals surface area (Å²) in [6.07, 6.45) is 0. The molecule has 0 radical (unpaired) electrons. The van der Waals surface area contributed by atoms with Gasteiger partial charge >= 0.3 is 0 Å². The fourth-order valence-corrected chi connectivity index (χ4v) is 3.26. The number of hydrogen-bond acceptors (Lipinski definition) is 3. The summed E-state index contributed by atoms with van der Waals surface area (Å²) >= 11 is 5.91. The fourth-order valence-electron chi connectivity index (χ4n) is 1.69. The van der Waals surface area contributed by atoms with Crippen molar-refractivity contribution in [1.29, 1.82) is 0 Å². The maximum absolute atomic E-state index is 12.3. The van der Waals surface area contributed by atoms with Crippen LogP contribution in [-0.4, -0.2) is 15.0 Å². The van der Waals surface area contributed by atoms with E-state index in [4.69, 9.17) is 16.3 Å². The Morgan fingerprint density at radius 2 is 1.90 bits per heavy atom. The fraction of sp³-hybridized carbons (Fsp3) is 0.143. The molecule has 0 fully saturated rings. The first-order valence-corrected chi connectivity index (χ1v) is 7.89. The van der Waals surface area contributed by atoms with Crippen molar-refractivity contribution in [1.82, 2.24) is 0 Å². The van der Waals surface area contributed by atoms with Gasteiger partial charge in [-0.25, -0.2) is 8.42 Å². The van der Waals surface area contributed by atoms with Crippen LogP contribution in [0.4, 0.5) is 5.69 Å². The van der Waals surface area contributed by atoms with Crippen LogP contribution < -0.4 is 9.46 Å². The molecule has 106 valence electrons. The van der Waals surface area contributed by atoms with Crippen LogP contribution in [-0.2, 0) is 10.0 Å². The van der Waals surface area contributed by atoms with E-state index in [-0.39, 0.29) is 9.92 Å². The maximum atomic E-state index is 12.3. The third-order valence-corrected chi connectivity index (χ3v) is 4.40. The molecule has 0 saturated carbocycles. The third kappa shape index (κ3) is 3.43. The Balaban J connectivity index is 2.29. The van der Waals surface area contributed by atoms with Crippen molar-refractivity contribution in [3.63, 3.8) is 0 Å². The van der Waals surface area contributed by atoms with Gasteiger partial charge in [0.15, 0.2) is 0 Å². The summed E-state index contributed by atoms with van der Waals surface area (Å²) in [5, 5.41) is 0.181. The first-order valence-electron chi connectivity index (χ1n) is 6.03. The minimum absolute atomic E-state index is 0.0449. The standard InChI is InChI=1S/C14H14ClNO3S/c1-2-19-12-7-5-6-11(10-12)16-20(17,18)14-9-4-3-8-13(14)15/h3-10,16H,2H2,1H3. The zero-order valence-corrected chi connectivity index (χ0v) is 12.4. The van der Waals surface area contributed by atoms with Crippen molar-refractivity contribution < 1.29 is 13.2 Å².